The first-order valence-electron chi connectivity index (χ1n) is 13.8. The number of rotatable bonds is 10. The van der Waals surface area contributed by atoms with Crippen molar-refractivity contribution >= 4 is 60.9 Å². The molecule has 4 aromatic rings. The zero-order valence-electron chi connectivity index (χ0n) is 25.0. The van der Waals surface area contributed by atoms with Crippen LogP contribution in [0.3, 0.4) is 0 Å². The third-order valence-corrected chi connectivity index (χ3v) is 9.40. The Morgan fingerprint density at radius 1 is 1.04 bits per heavy atom. The topological polar surface area (TPSA) is 131 Å². The summed E-state index contributed by atoms with van der Waals surface area (Å²) < 4.78 is 25.5. The number of halogens is 2. The average molecular weight is 773 g/mol. The van der Waals surface area contributed by atoms with Crippen LogP contribution in [-0.2, 0) is 16.1 Å². The molecule has 5 rings (SSSR count). The van der Waals surface area contributed by atoms with Crippen molar-refractivity contribution in [1.29, 1.82) is 0 Å². The number of nitro groups is 1. The monoisotopic (exact) mass is 771 g/mol. The summed E-state index contributed by atoms with van der Waals surface area (Å²) in [5.41, 5.74) is 2.45. The molecule has 0 unspecified atom stereocenters. The van der Waals surface area contributed by atoms with Crippen molar-refractivity contribution in [1.82, 2.24) is 4.57 Å². The van der Waals surface area contributed by atoms with Crippen LogP contribution in [0, 0.1) is 10.1 Å². The van der Waals surface area contributed by atoms with Crippen LogP contribution in [0.2, 0.25) is 0 Å². The molecule has 0 N–H and O–H groups in total. The molecule has 0 bridgehead atoms. The highest BCUT2D eigenvalue weighted by molar-refractivity contribution is 9.10. The summed E-state index contributed by atoms with van der Waals surface area (Å²) >= 11 is 8.35. The molecule has 46 heavy (non-hydrogen) atoms. The second-order valence-corrected chi connectivity index (χ2v) is 12.7. The number of carbonyl (C=O) groups is 1. The molecule has 0 saturated heterocycles. The van der Waals surface area contributed by atoms with E-state index in [0.29, 0.717) is 46.8 Å². The number of ether oxygens (including phenoxy) is 4. The maximum atomic E-state index is 14.1. The molecule has 0 fully saturated rings. The van der Waals surface area contributed by atoms with Crippen LogP contribution in [0.25, 0.3) is 6.08 Å². The maximum absolute atomic E-state index is 14.1. The Morgan fingerprint density at radius 2 is 1.74 bits per heavy atom. The molecule has 1 atom stereocenters. The Hall–Kier alpha value is -4.27. The lowest BCUT2D eigenvalue weighted by Crippen LogP contribution is -2.40. The molecular formula is C32H27Br2N3O8S. The Morgan fingerprint density at radius 3 is 2.37 bits per heavy atom. The lowest BCUT2D eigenvalue weighted by atomic mass is 9.95. The third kappa shape index (κ3) is 6.64. The van der Waals surface area contributed by atoms with Crippen molar-refractivity contribution in [2.24, 2.45) is 4.99 Å². The molecule has 2 heterocycles. The Balaban J connectivity index is 1.53. The molecule has 3 aromatic carbocycles. The molecule has 1 aromatic heterocycles. The first-order valence-corrected chi connectivity index (χ1v) is 16.2. The average Bonchev–Trinajstić information content (AvgIpc) is 3.33. The largest absolute Gasteiger partial charge is 0.493 e. The number of nitrogens with zero attached hydrogens (tertiary/aromatic N) is 3. The maximum Gasteiger partial charge on any atom is 0.338 e. The van der Waals surface area contributed by atoms with Gasteiger partial charge in [-0.3, -0.25) is 19.5 Å². The number of non-ortho nitro benzene ring substituents is 1. The summed E-state index contributed by atoms with van der Waals surface area (Å²) in [6.45, 7) is 3.80. The van der Waals surface area contributed by atoms with Crippen molar-refractivity contribution in [3.05, 3.63) is 121 Å². The third-order valence-electron chi connectivity index (χ3n) is 7.11. The van der Waals surface area contributed by atoms with Gasteiger partial charge in [0.1, 0.15) is 12.4 Å². The van der Waals surface area contributed by atoms with Crippen molar-refractivity contribution in [2.45, 2.75) is 26.5 Å². The van der Waals surface area contributed by atoms with Gasteiger partial charge in [0.25, 0.3) is 11.2 Å². The van der Waals surface area contributed by atoms with Gasteiger partial charge in [0, 0.05) is 16.6 Å². The molecule has 1 aliphatic rings. The fourth-order valence-electron chi connectivity index (χ4n) is 4.92. The number of methoxy groups -OCH3 is 2. The van der Waals surface area contributed by atoms with Crippen molar-refractivity contribution < 1.29 is 28.7 Å². The fourth-order valence-corrected chi connectivity index (χ4v) is 7.01. The van der Waals surface area contributed by atoms with Crippen molar-refractivity contribution in [3.63, 3.8) is 0 Å². The minimum Gasteiger partial charge on any atom is -0.493 e. The number of hydrogen-bond donors (Lipinski definition) is 0. The van der Waals surface area contributed by atoms with Gasteiger partial charge in [0.15, 0.2) is 16.3 Å². The highest BCUT2D eigenvalue weighted by Gasteiger charge is 2.35. The van der Waals surface area contributed by atoms with Crippen LogP contribution in [0.4, 0.5) is 5.69 Å². The number of thiazole rings is 1. The van der Waals surface area contributed by atoms with Crippen LogP contribution in [0.1, 0.15) is 36.6 Å². The van der Waals surface area contributed by atoms with Gasteiger partial charge >= 0.3 is 5.97 Å². The number of hydrogen-bond acceptors (Lipinski definition) is 10. The van der Waals surface area contributed by atoms with E-state index < -0.39 is 16.9 Å². The SMILES string of the molecule is CCOC(=O)C1=C(C)N=c2s/c(=C\c3ccc(OCc4ccc([N+](=O)[O-])cc4)c(Br)c3)c(=O)n2[C@@H]1c1cc(OC)c(OC)cc1Br. The van der Waals surface area contributed by atoms with Gasteiger partial charge in [0.05, 0.1) is 52.1 Å². The lowest BCUT2D eigenvalue weighted by molar-refractivity contribution is -0.384. The van der Waals surface area contributed by atoms with Gasteiger partial charge in [-0.15, -0.1) is 0 Å². The zero-order chi connectivity index (χ0) is 33.1. The molecule has 0 radical (unpaired) electrons. The van der Waals surface area contributed by atoms with Gasteiger partial charge in [0.2, 0.25) is 0 Å². The molecule has 238 valence electrons. The first kappa shape index (κ1) is 33.1. The van der Waals surface area contributed by atoms with Crippen LogP contribution in [-0.4, -0.2) is 36.3 Å². The molecule has 0 amide bonds. The number of aromatic nitrogens is 1. The summed E-state index contributed by atoms with van der Waals surface area (Å²) in [6, 6.07) is 14.1. The van der Waals surface area contributed by atoms with E-state index in [1.807, 2.05) is 12.1 Å². The summed E-state index contributed by atoms with van der Waals surface area (Å²) in [5.74, 6) is 0.902. The minimum absolute atomic E-state index is 0.00882. The van der Waals surface area contributed by atoms with Crippen molar-refractivity contribution in [2.75, 3.05) is 20.8 Å². The van der Waals surface area contributed by atoms with E-state index in [2.05, 4.69) is 36.9 Å². The molecular weight excluding hydrogens is 746 g/mol. The second-order valence-electron chi connectivity index (χ2n) is 9.93. The smallest absolute Gasteiger partial charge is 0.338 e. The Labute approximate surface area is 283 Å². The summed E-state index contributed by atoms with van der Waals surface area (Å²) in [7, 11) is 3.04. The lowest BCUT2D eigenvalue weighted by Gasteiger charge is -2.26. The van der Waals surface area contributed by atoms with E-state index in [4.69, 9.17) is 18.9 Å². The molecule has 11 nitrogen and oxygen atoms in total. The quantitative estimate of drug-likeness (QED) is 0.112. The van der Waals surface area contributed by atoms with Crippen LogP contribution < -0.4 is 29.1 Å². The molecule has 0 aliphatic carbocycles. The Bertz CT molecular complexity index is 2050. The number of nitro benzene ring substituents is 1. The Kier molecular flexibility index (Phi) is 10.1. The van der Waals surface area contributed by atoms with E-state index in [9.17, 15) is 19.7 Å². The van der Waals surface area contributed by atoms with Crippen LogP contribution in [0.5, 0.6) is 17.2 Å². The first-order chi connectivity index (χ1) is 22.1. The second kappa shape index (κ2) is 14.0. The summed E-state index contributed by atoms with van der Waals surface area (Å²) in [5, 5.41) is 10.9. The molecule has 0 spiro atoms. The number of benzene rings is 3. The highest BCUT2D eigenvalue weighted by atomic mass is 79.9. The van der Waals surface area contributed by atoms with E-state index in [0.717, 1.165) is 11.1 Å². The number of esters is 1. The predicted octanol–water partition coefficient (Wildman–Crippen LogP) is 5.83. The van der Waals surface area contributed by atoms with Crippen LogP contribution in [0.15, 0.2) is 84.6 Å². The predicted molar refractivity (Wildman–Crippen MR) is 179 cm³/mol. The van der Waals surface area contributed by atoms with Crippen LogP contribution >= 0.6 is 43.2 Å². The van der Waals surface area contributed by atoms with Gasteiger partial charge in [-0.05, 0) is 88.9 Å². The van der Waals surface area contributed by atoms with E-state index >= 15 is 0 Å². The molecule has 1 aliphatic heterocycles. The number of allylic oxidation sites excluding steroid dienone is 1. The van der Waals surface area contributed by atoms with E-state index in [-0.39, 0.29) is 30.0 Å². The summed E-state index contributed by atoms with van der Waals surface area (Å²) in [6.07, 6.45) is 1.75. The number of fused-ring (bicyclic) bond motifs is 1. The highest BCUT2D eigenvalue weighted by Crippen LogP contribution is 2.41. The van der Waals surface area contributed by atoms with Gasteiger partial charge in [-0.25, -0.2) is 9.79 Å². The van der Waals surface area contributed by atoms with Gasteiger partial charge in [-0.1, -0.05) is 33.3 Å². The summed E-state index contributed by atoms with van der Waals surface area (Å²) in [4.78, 5) is 42.9. The standard InChI is InChI=1S/C32H27Br2N3O8S/c1-5-44-31(39)28-17(2)35-32-36(29(28)21-14-25(42-3)26(43-4)15-22(21)33)30(38)27(46-32)13-19-8-11-24(23(34)12-19)45-16-18-6-9-20(10-7-18)37(40)41/h6-15,29H,5,16H2,1-4H3/b27-13-/t29-/m1/s1. The molecule has 14 heteroatoms. The van der Waals surface area contributed by atoms with E-state index in [1.54, 1.807) is 50.3 Å². The zero-order valence-corrected chi connectivity index (χ0v) is 29.0. The fraction of sp³-hybridized carbons (Fsp3) is 0.219. The van der Waals surface area contributed by atoms with E-state index in [1.165, 1.54) is 42.3 Å². The van der Waals surface area contributed by atoms with Crippen molar-refractivity contribution in [3.8, 4) is 17.2 Å². The molecule has 0 saturated carbocycles. The van der Waals surface area contributed by atoms with Gasteiger partial charge in [-0.2, -0.15) is 0 Å². The minimum atomic E-state index is -0.853. The number of carbonyl (C=O) groups excluding carboxylic acids is 1. The normalized spacial score (nSPS) is 14.4. The van der Waals surface area contributed by atoms with Gasteiger partial charge < -0.3 is 18.9 Å².